The van der Waals surface area contributed by atoms with Crippen LogP contribution in [0.15, 0.2) is 42.5 Å². The van der Waals surface area contributed by atoms with Crippen molar-refractivity contribution in [2.24, 2.45) is 0 Å². The van der Waals surface area contributed by atoms with E-state index in [1.165, 1.54) is 6.07 Å². The van der Waals surface area contributed by atoms with Gasteiger partial charge in [-0.15, -0.1) is 0 Å². The van der Waals surface area contributed by atoms with Crippen LogP contribution in [0, 0.1) is 5.82 Å². The molecular formula is C22H22ClFN2O2. The van der Waals surface area contributed by atoms with E-state index in [9.17, 15) is 14.0 Å². The number of benzene rings is 2. The van der Waals surface area contributed by atoms with Crippen molar-refractivity contribution in [1.29, 1.82) is 0 Å². The highest BCUT2D eigenvalue weighted by Crippen LogP contribution is 2.31. The number of carbonyl (C=O) groups is 2. The summed E-state index contributed by atoms with van der Waals surface area (Å²) in [6.45, 7) is 0.936. The molecule has 0 radical (unpaired) electrons. The molecule has 28 heavy (non-hydrogen) atoms. The van der Waals surface area contributed by atoms with Gasteiger partial charge in [0.1, 0.15) is 5.82 Å². The molecule has 1 saturated carbocycles. The van der Waals surface area contributed by atoms with E-state index in [0.29, 0.717) is 17.0 Å². The lowest BCUT2D eigenvalue weighted by molar-refractivity contribution is -0.131. The van der Waals surface area contributed by atoms with Gasteiger partial charge in [0.2, 0.25) is 11.8 Å². The third kappa shape index (κ3) is 4.04. The minimum atomic E-state index is -0.384. The van der Waals surface area contributed by atoms with Crippen molar-refractivity contribution in [1.82, 2.24) is 4.90 Å². The summed E-state index contributed by atoms with van der Waals surface area (Å²) in [5, 5.41) is 0.345. The Balaban J connectivity index is 1.46. The number of anilines is 1. The van der Waals surface area contributed by atoms with Crippen molar-refractivity contribution in [2.75, 3.05) is 11.4 Å². The highest BCUT2D eigenvalue weighted by atomic mass is 35.5. The van der Waals surface area contributed by atoms with Gasteiger partial charge >= 0.3 is 0 Å². The monoisotopic (exact) mass is 400 g/mol. The Morgan fingerprint density at radius 3 is 2.54 bits per heavy atom. The smallest absolute Gasteiger partial charge is 0.227 e. The zero-order valence-corrected chi connectivity index (χ0v) is 16.3. The average Bonchev–Trinajstić information content (AvgIpc) is 3.42. The Kier molecular flexibility index (Phi) is 5.36. The van der Waals surface area contributed by atoms with Crippen molar-refractivity contribution < 1.29 is 14.0 Å². The van der Waals surface area contributed by atoms with Crippen molar-refractivity contribution in [3.8, 4) is 0 Å². The molecule has 1 aliphatic carbocycles. The summed E-state index contributed by atoms with van der Waals surface area (Å²) in [6, 6.07) is 12.3. The Morgan fingerprint density at radius 1 is 1.18 bits per heavy atom. The molecule has 2 aliphatic rings. The molecule has 1 saturated heterocycles. The minimum absolute atomic E-state index is 0.0354. The summed E-state index contributed by atoms with van der Waals surface area (Å²) in [4.78, 5) is 28.3. The van der Waals surface area contributed by atoms with Crippen LogP contribution in [-0.4, -0.2) is 29.3 Å². The summed E-state index contributed by atoms with van der Waals surface area (Å²) >= 11 is 6.14. The van der Waals surface area contributed by atoms with E-state index in [2.05, 4.69) is 0 Å². The zero-order valence-electron chi connectivity index (χ0n) is 15.5. The highest BCUT2D eigenvalue weighted by molar-refractivity contribution is 6.31. The molecule has 2 amide bonds. The van der Waals surface area contributed by atoms with Crippen LogP contribution in [0.25, 0.3) is 0 Å². The van der Waals surface area contributed by atoms with Gasteiger partial charge in [-0.25, -0.2) is 4.39 Å². The van der Waals surface area contributed by atoms with Gasteiger partial charge in [-0.1, -0.05) is 29.8 Å². The molecule has 0 spiro atoms. The fraction of sp³-hybridized carbons (Fsp3) is 0.364. The standard InChI is InChI=1S/C22H22ClFN2O2/c23-19-3-1-4-20(24)18(19)14-26(17-10-11-17)22(28)13-15-6-8-16(9-7-15)25-12-2-5-21(25)27/h1,3-4,6-9,17H,2,5,10-14H2. The molecule has 2 aromatic rings. The van der Waals surface area contributed by atoms with Crippen molar-refractivity contribution >= 4 is 29.1 Å². The highest BCUT2D eigenvalue weighted by Gasteiger charge is 2.33. The molecule has 0 bridgehead atoms. The number of nitrogens with zero attached hydrogens (tertiary/aromatic N) is 2. The van der Waals surface area contributed by atoms with Gasteiger partial charge < -0.3 is 9.80 Å². The van der Waals surface area contributed by atoms with Gasteiger partial charge in [-0.05, 0) is 49.1 Å². The van der Waals surface area contributed by atoms with E-state index < -0.39 is 0 Å². The zero-order chi connectivity index (χ0) is 19.7. The maximum Gasteiger partial charge on any atom is 0.227 e. The molecule has 0 N–H and O–H groups in total. The minimum Gasteiger partial charge on any atom is -0.335 e. The summed E-state index contributed by atoms with van der Waals surface area (Å²) in [5.41, 5.74) is 2.12. The SMILES string of the molecule is O=C1CCCN1c1ccc(CC(=O)N(Cc2c(F)cccc2Cl)C2CC2)cc1. The predicted molar refractivity (Wildman–Crippen MR) is 107 cm³/mol. The lowest BCUT2D eigenvalue weighted by Gasteiger charge is -2.24. The molecule has 1 aliphatic heterocycles. The van der Waals surface area contributed by atoms with Gasteiger partial charge in [0, 0.05) is 35.3 Å². The van der Waals surface area contributed by atoms with Gasteiger partial charge in [0.25, 0.3) is 0 Å². The largest absolute Gasteiger partial charge is 0.335 e. The number of rotatable bonds is 6. The molecule has 0 atom stereocenters. The topological polar surface area (TPSA) is 40.6 Å². The van der Waals surface area contributed by atoms with E-state index >= 15 is 0 Å². The van der Waals surface area contributed by atoms with E-state index in [4.69, 9.17) is 11.6 Å². The molecule has 1 heterocycles. The molecule has 0 aromatic heterocycles. The molecule has 2 fully saturated rings. The summed E-state index contributed by atoms with van der Waals surface area (Å²) < 4.78 is 14.2. The lowest BCUT2D eigenvalue weighted by atomic mass is 10.1. The molecule has 4 rings (SSSR count). The second-order valence-electron chi connectivity index (χ2n) is 7.45. The van der Waals surface area contributed by atoms with E-state index in [0.717, 1.165) is 37.1 Å². The number of amides is 2. The van der Waals surface area contributed by atoms with Gasteiger partial charge in [0.15, 0.2) is 0 Å². The second-order valence-corrected chi connectivity index (χ2v) is 7.85. The normalized spacial score (nSPS) is 16.5. The Morgan fingerprint density at radius 2 is 1.93 bits per heavy atom. The predicted octanol–water partition coefficient (Wildman–Crippen LogP) is 4.34. The maximum atomic E-state index is 14.2. The Hall–Kier alpha value is -2.40. The second kappa shape index (κ2) is 7.92. The van der Waals surface area contributed by atoms with Crippen LogP contribution in [-0.2, 0) is 22.6 Å². The number of hydrogen-bond acceptors (Lipinski definition) is 2. The molecular weight excluding hydrogens is 379 g/mol. The number of halogens is 2. The fourth-order valence-corrected chi connectivity index (χ4v) is 3.87. The van der Waals surface area contributed by atoms with Crippen molar-refractivity contribution in [3.63, 3.8) is 0 Å². The maximum absolute atomic E-state index is 14.2. The number of carbonyl (C=O) groups excluding carboxylic acids is 2. The third-order valence-corrected chi connectivity index (χ3v) is 5.73. The van der Waals surface area contributed by atoms with Crippen LogP contribution >= 0.6 is 11.6 Å². The summed E-state index contributed by atoms with van der Waals surface area (Å²) in [6.07, 6.45) is 3.60. The lowest BCUT2D eigenvalue weighted by Crippen LogP contribution is -2.34. The van der Waals surface area contributed by atoms with Crippen LogP contribution < -0.4 is 4.90 Å². The summed E-state index contributed by atoms with van der Waals surface area (Å²) in [7, 11) is 0. The first kappa shape index (κ1) is 18.9. The van der Waals surface area contributed by atoms with Crippen molar-refractivity contribution in [2.45, 2.75) is 44.7 Å². The van der Waals surface area contributed by atoms with E-state index in [-0.39, 0.29) is 36.6 Å². The number of hydrogen-bond donors (Lipinski definition) is 0. The van der Waals surface area contributed by atoms with Crippen LogP contribution in [0.2, 0.25) is 5.02 Å². The van der Waals surface area contributed by atoms with Crippen molar-refractivity contribution in [3.05, 3.63) is 64.4 Å². The van der Waals surface area contributed by atoms with Crippen LogP contribution in [0.5, 0.6) is 0 Å². The molecule has 146 valence electrons. The quantitative estimate of drug-likeness (QED) is 0.723. The Bertz CT molecular complexity index is 876. The first-order chi connectivity index (χ1) is 13.5. The van der Waals surface area contributed by atoms with Gasteiger partial charge in [-0.3, -0.25) is 9.59 Å². The Labute approximate surface area is 168 Å². The van der Waals surface area contributed by atoms with Crippen LogP contribution in [0.4, 0.5) is 10.1 Å². The van der Waals surface area contributed by atoms with E-state index in [1.807, 2.05) is 24.3 Å². The fourth-order valence-electron chi connectivity index (χ4n) is 3.65. The van der Waals surface area contributed by atoms with Gasteiger partial charge in [0.05, 0.1) is 13.0 Å². The first-order valence-electron chi connectivity index (χ1n) is 9.64. The molecule has 6 heteroatoms. The molecule has 4 nitrogen and oxygen atoms in total. The first-order valence-corrected chi connectivity index (χ1v) is 10.0. The molecule has 2 aromatic carbocycles. The third-order valence-electron chi connectivity index (χ3n) is 5.37. The van der Waals surface area contributed by atoms with Gasteiger partial charge in [-0.2, -0.15) is 0 Å². The van der Waals surface area contributed by atoms with E-state index in [1.54, 1.807) is 21.9 Å². The van der Waals surface area contributed by atoms with Crippen LogP contribution in [0.3, 0.4) is 0 Å². The average molecular weight is 401 g/mol. The van der Waals surface area contributed by atoms with Crippen LogP contribution in [0.1, 0.15) is 36.8 Å². The summed E-state index contributed by atoms with van der Waals surface area (Å²) in [5.74, 6) is -0.275. The molecule has 0 unspecified atom stereocenters.